The quantitative estimate of drug-likeness (QED) is 0.534. The number of carbonyl (C=O) groups is 1. The van der Waals surface area contributed by atoms with Crippen LogP contribution in [0.15, 0.2) is 6.20 Å². The third kappa shape index (κ3) is 1.29. The molecule has 0 fully saturated rings. The molecule has 1 aromatic heterocycles. The van der Waals surface area contributed by atoms with E-state index in [4.69, 9.17) is 0 Å². The van der Waals surface area contributed by atoms with Crippen LogP contribution in [0.3, 0.4) is 0 Å². The van der Waals surface area contributed by atoms with Gasteiger partial charge in [-0.15, -0.1) is 0 Å². The second-order valence-electron chi connectivity index (χ2n) is 1.65. The van der Waals surface area contributed by atoms with E-state index in [0.29, 0.717) is 5.69 Å². The summed E-state index contributed by atoms with van der Waals surface area (Å²) in [5.74, 6) is 0. The molecule has 0 saturated carbocycles. The van der Waals surface area contributed by atoms with Crippen molar-refractivity contribution in [1.82, 2.24) is 9.78 Å². The van der Waals surface area contributed by atoms with Crippen LogP contribution < -0.4 is 0 Å². The van der Waals surface area contributed by atoms with Gasteiger partial charge in [0.1, 0.15) is 5.69 Å². The minimum absolute atomic E-state index is 0.512. The van der Waals surface area contributed by atoms with Crippen molar-refractivity contribution >= 4 is 28.9 Å². The molecule has 3 nitrogen and oxygen atoms in total. The van der Waals surface area contributed by atoms with Gasteiger partial charge >= 0.3 is 0 Å². The van der Waals surface area contributed by atoms with E-state index in [-0.39, 0.29) is 0 Å². The highest BCUT2D eigenvalue weighted by Gasteiger charge is 2.00. The summed E-state index contributed by atoms with van der Waals surface area (Å²) in [6.07, 6.45) is 2.55. The molecule has 0 aromatic carbocycles. The highest BCUT2D eigenvalue weighted by molar-refractivity contribution is 14.1. The first-order chi connectivity index (χ1) is 4.24. The Morgan fingerprint density at radius 2 is 2.56 bits per heavy atom. The van der Waals surface area contributed by atoms with E-state index in [1.165, 1.54) is 0 Å². The lowest BCUT2D eigenvalue weighted by Crippen LogP contribution is -1.88. The molecule has 1 heterocycles. The van der Waals surface area contributed by atoms with Gasteiger partial charge in [-0.1, -0.05) is 0 Å². The van der Waals surface area contributed by atoms with Crippen LogP contribution in [0.5, 0.6) is 0 Å². The summed E-state index contributed by atoms with van der Waals surface area (Å²) < 4.78 is 2.51. The first kappa shape index (κ1) is 6.73. The molecule has 48 valence electrons. The van der Waals surface area contributed by atoms with Gasteiger partial charge in [-0.3, -0.25) is 9.48 Å². The Balaban J connectivity index is 3.15. The Hall–Kier alpha value is -0.390. The van der Waals surface area contributed by atoms with Crippen molar-refractivity contribution in [3.05, 3.63) is 15.5 Å². The molecule has 0 aliphatic rings. The molecule has 0 amide bonds. The van der Waals surface area contributed by atoms with Crippen LogP contribution in [0.4, 0.5) is 0 Å². The van der Waals surface area contributed by atoms with E-state index in [9.17, 15) is 4.79 Å². The average Bonchev–Trinajstić information content (AvgIpc) is 2.10. The van der Waals surface area contributed by atoms with Crippen molar-refractivity contribution < 1.29 is 4.79 Å². The number of nitrogens with zero attached hydrogens (tertiary/aromatic N) is 2. The molecule has 0 atom stereocenters. The van der Waals surface area contributed by atoms with Crippen molar-refractivity contribution in [3.63, 3.8) is 0 Å². The lowest BCUT2D eigenvalue weighted by atomic mass is 10.5. The van der Waals surface area contributed by atoms with Crippen molar-refractivity contribution in [1.29, 1.82) is 0 Å². The Morgan fingerprint density at radius 3 is 2.78 bits per heavy atom. The molecule has 0 spiro atoms. The zero-order valence-corrected chi connectivity index (χ0v) is 6.99. The number of halogens is 1. The molecule has 0 aliphatic heterocycles. The maximum atomic E-state index is 10.2. The highest BCUT2D eigenvalue weighted by atomic mass is 127. The van der Waals surface area contributed by atoms with Gasteiger partial charge in [-0.2, -0.15) is 5.10 Å². The molecule has 0 radical (unpaired) electrons. The van der Waals surface area contributed by atoms with Crippen LogP contribution in [0.2, 0.25) is 0 Å². The summed E-state index contributed by atoms with van der Waals surface area (Å²) in [7, 11) is 1.79. The lowest BCUT2D eigenvalue weighted by Gasteiger charge is -1.79. The van der Waals surface area contributed by atoms with Gasteiger partial charge in [-0.25, -0.2) is 0 Å². The summed E-state index contributed by atoms with van der Waals surface area (Å²) in [5.41, 5.74) is 0.512. The topological polar surface area (TPSA) is 34.9 Å². The molecular weight excluding hydrogens is 231 g/mol. The van der Waals surface area contributed by atoms with E-state index >= 15 is 0 Å². The molecule has 0 bridgehead atoms. The molecule has 9 heavy (non-hydrogen) atoms. The van der Waals surface area contributed by atoms with Crippen LogP contribution in [0.1, 0.15) is 10.5 Å². The molecule has 1 aromatic rings. The smallest absolute Gasteiger partial charge is 0.171 e. The fraction of sp³-hybridized carbons (Fsp3) is 0.200. The summed E-state index contributed by atoms with van der Waals surface area (Å²) in [6, 6.07) is 0. The van der Waals surface area contributed by atoms with E-state index in [1.807, 2.05) is 0 Å². The zero-order valence-electron chi connectivity index (χ0n) is 4.84. The van der Waals surface area contributed by atoms with Crippen LogP contribution in [-0.4, -0.2) is 16.1 Å². The number of aldehydes is 1. The predicted molar refractivity (Wildman–Crippen MR) is 41.3 cm³/mol. The fourth-order valence-corrected chi connectivity index (χ4v) is 1.19. The van der Waals surface area contributed by atoms with Crippen molar-refractivity contribution in [2.75, 3.05) is 0 Å². The molecule has 0 unspecified atom stereocenters. The van der Waals surface area contributed by atoms with Gasteiger partial charge < -0.3 is 0 Å². The Morgan fingerprint density at radius 1 is 1.89 bits per heavy atom. The van der Waals surface area contributed by atoms with Crippen molar-refractivity contribution in [2.24, 2.45) is 7.05 Å². The van der Waals surface area contributed by atoms with Crippen LogP contribution in [0, 0.1) is 3.57 Å². The maximum absolute atomic E-state index is 10.2. The van der Waals surface area contributed by atoms with Crippen LogP contribution >= 0.6 is 22.6 Å². The summed E-state index contributed by atoms with van der Waals surface area (Å²) in [6.45, 7) is 0. The Kier molecular flexibility index (Phi) is 1.84. The standard InChI is InChI=1S/C5H5IN2O/c1-8-2-4(6)5(3-9)7-8/h2-3H,1H3. The largest absolute Gasteiger partial charge is 0.296 e. The van der Waals surface area contributed by atoms with Gasteiger partial charge in [0.15, 0.2) is 6.29 Å². The second-order valence-corrected chi connectivity index (χ2v) is 2.82. The minimum atomic E-state index is 0.512. The van der Waals surface area contributed by atoms with Crippen molar-refractivity contribution in [3.8, 4) is 0 Å². The Bertz CT molecular complexity index is 231. The van der Waals surface area contributed by atoms with E-state index < -0.39 is 0 Å². The van der Waals surface area contributed by atoms with E-state index in [0.717, 1.165) is 9.86 Å². The van der Waals surface area contributed by atoms with E-state index in [2.05, 4.69) is 27.7 Å². The number of aryl methyl sites for hydroxylation is 1. The lowest BCUT2D eigenvalue weighted by molar-refractivity contribution is 0.111. The predicted octanol–water partition coefficient (Wildman–Crippen LogP) is 0.837. The van der Waals surface area contributed by atoms with Gasteiger partial charge in [0, 0.05) is 13.2 Å². The molecule has 0 saturated heterocycles. The summed E-state index contributed by atoms with van der Waals surface area (Å²) >= 11 is 2.07. The first-order valence-electron chi connectivity index (χ1n) is 2.38. The van der Waals surface area contributed by atoms with Gasteiger partial charge in [0.25, 0.3) is 0 Å². The van der Waals surface area contributed by atoms with Crippen LogP contribution in [-0.2, 0) is 7.05 Å². The minimum Gasteiger partial charge on any atom is -0.296 e. The first-order valence-corrected chi connectivity index (χ1v) is 3.46. The van der Waals surface area contributed by atoms with Gasteiger partial charge in [0.2, 0.25) is 0 Å². The van der Waals surface area contributed by atoms with Crippen molar-refractivity contribution in [2.45, 2.75) is 0 Å². The molecule has 0 aliphatic carbocycles. The van der Waals surface area contributed by atoms with Gasteiger partial charge in [-0.05, 0) is 22.6 Å². The number of rotatable bonds is 1. The highest BCUT2D eigenvalue weighted by Crippen LogP contribution is 2.05. The zero-order chi connectivity index (χ0) is 6.85. The van der Waals surface area contributed by atoms with Crippen LogP contribution in [0.25, 0.3) is 0 Å². The van der Waals surface area contributed by atoms with Gasteiger partial charge in [0.05, 0.1) is 3.57 Å². The molecule has 4 heteroatoms. The average molecular weight is 236 g/mol. The molecule has 0 N–H and O–H groups in total. The fourth-order valence-electron chi connectivity index (χ4n) is 0.557. The molecular formula is C5H5IN2O. The number of aromatic nitrogens is 2. The summed E-state index contributed by atoms with van der Waals surface area (Å²) in [5, 5.41) is 3.87. The number of carbonyl (C=O) groups excluding carboxylic acids is 1. The SMILES string of the molecule is Cn1cc(I)c(C=O)n1. The summed E-state index contributed by atoms with van der Waals surface area (Å²) in [4.78, 5) is 10.2. The third-order valence-electron chi connectivity index (χ3n) is 0.922. The maximum Gasteiger partial charge on any atom is 0.171 e. The normalized spacial score (nSPS) is 9.56. The monoisotopic (exact) mass is 236 g/mol. The second kappa shape index (κ2) is 2.47. The third-order valence-corrected chi connectivity index (χ3v) is 1.75. The van der Waals surface area contributed by atoms with E-state index in [1.54, 1.807) is 17.9 Å². The number of hydrogen-bond acceptors (Lipinski definition) is 2. The number of hydrogen-bond donors (Lipinski definition) is 0. The Labute approximate surface area is 66.2 Å². The molecule has 1 rings (SSSR count).